The Kier molecular flexibility index (Phi) is 3.94. The molecule has 0 amide bonds. The zero-order chi connectivity index (χ0) is 14.0. The second-order valence-corrected chi connectivity index (χ2v) is 4.75. The van der Waals surface area contributed by atoms with E-state index in [1.807, 2.05) is 0 Å². The van der Waals surface area contributed by atoms with Gasteiger partial charge in [-0.25, -0.2) is 13.8 Å². The molecule has 0 atom stereocenters. The Morgan fingerprint density at radius 2 is 1.74 bits per heavy atom. The monoisotopic (exact) mass is 328 g/mol. The number of nitrogens with zero attached hydrogens (tertiary/aromatic N) is 2. The van der Waals surface area contributed by atoms with Crippen molar-refractivity contribution in [2.75, 3.05) is 17.7 Å². The number of hydrogen-bond donors (Lipinski definition) is 2. The first kappa shape index (κ1) is 13.7. The van der Waals surface area contributed by atoms with Crippen LogP contribution in [0.2, 0.25) is 0 Å². The molecule has 100 valence electrons. The molecule has 2 N–H and O–H groups in total. The smallest absolute Gasteiger partial charge is 0.224 e. The van der Waals surface area contributed by atoms with E-state index in [9.17, 15) is 8.78 Å². The molecule has 1 aromatic heterocycles. The van der Waals surface area contributed by atoms with Crippen molar-refractivity contribution in [3.05, 3.63) is 40.0 Å². The largest absolute Gasteiger partial charge is 0.357 e. The third-order valence-electron chi connectivity index (χ3n) is 2.34. The Labute approximate surface area is 117 Å². The molecule has 2 aromatic rings. The highest BCUT2D eigenvalue weighted by atomic mass is 79.9. The summed E-state index contributed by atoms with van der Waals surface area (Å²) >= 11 is 3.02. The lowest BCUT2D eigenvalue weighted by Crippen LogP contribution is -2.04. The fourth-order valence-electron chi connectivity index (χ4n) is 1.53. The molecule has 7 heteroatoms. The van der Waals surface area contributed by atoms with Gasteiger partial charge in [-0.15, -0.1) is 0 Å². The molecular formula is C12H11BrF2N4. The van der Waals surface area contributed by atoms with Crippen LogP contribution in [0.25, 0.3) is 0 Å². The van der Waals surface area contributed by atoms with Crippen LogP contribution in [0.1, 0.15) is 5.69 Å². The third-order valence-corrected chi connectivity index (χ3v) is 2.80. The topological polar surface area (TPSA) is 49.8 Å². The van der Waals surface area contributed by atoms with E-state index in [2.05, 4.69) is 36.5 Å². The lowest BCUT2D eigenvalue weighted by Gasteiger charge is -2.10. The first-order valence-corrected chi connectivity index (χ1v) is 6.24. The van der Waals surface area contributed by atoms with E-state index in [1.165, 1.54) is 12.1 Å². The van der Waals surface area contributed by atoms with Gasteiger partial charge in [0.25, 0.3) is 0 Å². The van der Waals surface area contributed by atoms with E-state index in [1.54, 1.807) is 20.0 Å². The van der Waals surface area contributed by atoms with Crippen molar-refractivity contribution in [2.45, 2.75) is 6.92 Å². The standard InChI is InChI=1S/C12H11BrF2N4/c1-6-3-10(19-12(16-2)17-6)18-11-8(14)4-7(13)5-9(11)15/h3-5H,1-2H3,(H2,16,17,18,19). The minimum atomic E-state index is -0.700. The Balaban J connectivity index is 2.39. The van der Waals surface area contributed by atoms with E-state index in [4.69, 9.17) is 0 Å². The number of aromatic nitrogens is 2. The summed E-state index contributed by atoms with van der Waals surface area (Å²) in [5, 5.41) is 5.40. The molecule has 1 heterocycles. The summed E-state index contributed by atoms with van der Waals surface area (Å²) < 4.78 is 27.7. The van der Waals surface area contributed by atoms with Gasteiger partial charge in [0.2, 0.25) is 5.95 Å². The van der Waals surface area contributed by atoms with Crippen molar-refractivity contribution in [1.29, 1.82) is 0 Å². The van der Waals surface area contributed by atoms with Crippen LogP contribution in [0.4, 0.5) is 26.2 Å². The molecular weight excluding hydrogens is 318 g/mol. The summed E-state index contributed by atoms with van der Waals surface area (Å²) in [6.45, 7) is 1.77. The van der Waals surface area contributed by atoms with Crippen LogP contribution < -0.4 is 10.6 Å². The van der Waals surface area contributed by atoms with Gasteiger partial charge in [-0.3, -0.25) is 0 Å². The van der Waals surface area contributed by atoms with Gasteiger partial charge in [-0.05, 0) is 19.1 Å². The highest BCUT2D eigenvalue weighted by Crippen LogP contribution is 2.26. The summed E-state index contributed by atoms with van der Waals surface area (Å²) in [4.78, 5) is 8.17. The number of anilines is 3. The molecule has 0 aliphatic heterocycles. The summed E-state index contributed by atoms with van der Waals surface area (Å²) in [6.07, 6.45) is 0. The maximum absolute atomic E-state index is 13.7. The summed E-state index contributed by atoms with van der Waals surface area (Å²) in [7, 11) is 1.67. The van der Waals surface area contributed by atoms with E-state index in [0.717, 1.165) is 0 Å². The zero-order valence-electron chi connectivity index (χ0n) is 10.3. The highest BCUT2D eigenvalue weighted by molar-refractivity contribution is 9.10. The second kappa shape index (κ2) is 5.48. The van der Waals surface area contributed by atoms with E-state index in [0.29, 0.717) is 21.9 Å². The fraction of sp³-hybridized carbons (Fsp3) is 0.167. The van der Waals surface area contributed by atoms with Gasteiger partial charge in [0.15, 0.2) is 11.6 Å². The lowest BCUT2D eigenvalue weighted by molar-refractivity contribution is 0.589. The molecule has 0 saturated heterocycles. The van der Waals surface area contributed by atoms with Gasteiger partial charge in [-0.2, -0.15) is 4.98 Å². The quantitative estimate of drug-likeness (QED) is 0.903. The van der Waals surface area contributed by atoms with Crippen molar-refractivity contribution in [1.82, 2.24) is 9.97 Å². The van der Waals surface area contributed by atoms with Crippen LogP contribution in [0.3, 0.4) is 0 Å². The molecule has 0 fully saturated rings. The lowest BCUT2D eigenvalue weighted by atomic mass is 10.3. The van der Waals surface area contributed by atoms with E-state index in [-0.39, 0.29) is 5.69 Å². The first-order chi connectivity index (χ1) is 8.99. The molecule has 2 rings (SSSR count). The van der Waals surface area contributed by atoms with E-state index < -0.39 is 11.6 Å². The van der Waals surface area contributed by atoms with Crippen LogP contribution in [0.15, 0.2) is 22.7 Å². The van der Waals surface area contributed by atoms with Crippen LogP contribution >= 0.6 is 15.9 Å². The average Bonchev–Trinajstić information content (AvgIpc) is 2.33. The molecule has 0 saturated carbocycles. The minimum absolute atomic E-state index is 0.247. The number of rotatable bonds is 3. The minimum Gasteiger partial charge on any atom is -0.357 e. The number of nitrogens with one attached hydrogen (secondary N) is 2. The molecule has 1 aromatic carbocycles. The molecule has 0 radical (unpaired) electrons. The summed E-state index contributed by atoms with van der Waals surface area (Å²) in [5.41, 5.74) is 0.433. The van der Waals surface area contributed by atoms with Gasteiger partial charge in [0, 0.05) is 23.3 Å². The van der Waals surface area contributed by atoms with Crippen molar-refractivity contribution < 1.29 is 8.78 Å². The predicted molar refractivity (Wildman–Crippen MR) is 73.7 cm³/mol. The molecule has 0 aliphatic carbocycles. The van der Waals surface area contributed by atoms with Crippen LogP contribution in [0.5, 0.6) is 0 Å². The Bertz CT molecular complexity index is 596. The van der Waals surface area contributed by atoms with Gasteiger partial charge in [-0.1, -0.05) is 15.9 Å². The third kappa shape index (κ3) is 3.17. The first-order valence-electron chi connectivity index (χ1n) is 5.44. The van der Waals surface area contributed by atoms with Crippen molar-refractivity contribution >= 4 is 33.4 Å². The van der Waals surface area contributed by atoms with Gasteiger partial charge < -0.3 is 10.6 Å². The highest BCUT2D eigenvalue weighted by Gasteiger charge is 2.12. The SMILES string of the molecule is CNc1nc(C)cc(Nc2c(F)cc(Br)cc2F)n1. The molecule has 4 nitrogen and oxygen atoms in total. The van der Waals surface area contributed by atoms with Crippen LogP contribution in [-0.2, 0) is 0 Å². The van der Waals surface area contributed by atoms with Gasteiger partial charge >= 0.3 is 0 Å². The second-order valence-electron chi connectivity index (χ2n) is 3.84. The predicted octanol–water partition coefficient (Wildman–Crippen LogP) is 3.61. The normalized spacial score (nSPS) is 10.4. The van der Waals surface area contributed by atoms with Gasteiger partial charge in [0.05, 0.1) is 0 Å². The number of benzene rings is 1. The Morgan fingerprint density at radius 1 is 1.11 bits per heavy atom. The average molecular weight is 329 g/mol. The molecule has 0 spiro atoms. The fourth-order valence-corrected chi connectivity index (χ4v) is 1.94. The maximum Gasteiger partial charge on any atom is 0.224 e. The van der Waals surface area contributed by atoms with Crippen molar-refractivity contribution in [3.63, 3.8) is 0 Å². The Hall–Kier alpha value is -1.76. The van der Waals surface area contributed by atoms with E-state index >= 15 is 0 Å². The zero-order valence-corrected chi connectivity index (χ0v) is 11.8. The molecule has 0 bridgehead atoms. The number of halogens is 3. The molecule has 0 aliphatic rings. The number of aryl methyl sites for hydroxylation is 1. The van der Waals surface area contributed by atoms with Gasteiger partial charge in [0.1, 0.15) is 11.5 Å². The maximum atomic E-state index is 13.7. The Morgan fingerprint density at radius 3 is 2.32 bits per heavy atom. The molecule has 0 unspecified atom stereocenters. The van der Waals surface area contributed by atoms with Crippen LogP contribution in [0, 0.1) is 18.6 Å². The summed E-state index contributed by atoms with van der Waals surface area (Å²) in [6, 6.07) is 3.96. The molecule has 19 heavy (non-hydrogen) atoms. The van der Waals surface area contributed by atoms with Crippen molar-refractivity contribution in [3.8, 4) is 0 Å². The van der Waals surface area contributed by atoms with Crippen molar-refractivity contribution in [2.24, 2.45) is 0 Å². The number of hydrogen-bond acceptors (Lipinski definition) is 4. The summed E-state index contributed by atoms with van der Waals surface area (Å²) in [5.74, 6) is -0.708. The van der Waals surface area contributed by atoms with Crippen LogP contribution in [-0.4, -0.2) is 17.0 Å².